The number of hydrogen-bond donors (Lipinski definition) is 2. The molecule has 1 aromatic heterocycles. The maximum Gasteiger partial charge on any atom is 0.222 e. The lowest BCUT2D eigenvalue weighted by Gasteiger charge is -2.25. The van der Waals surface area contributed by atoms with Crippen LogP contribution in [0, 0.1) is 9.49 Å². The van der Waals surface area contributed by atoms with Gasteiger partial charge < -0.3 is 10.4 Å². The fourth-order valence-corrected chi connectivity index (χ4v) is 2.27. The normalized spacial score (nSPS) is 25.4. The van der Waals surface area contributed by atoms with Gasteiger partial charge in [0.1, 0.15) is 0 Å². The van der Waals surface area contributed by atoms with Crippen LogP contribution in [0.3, 0.4) is 0 Å². The Balaban J connectivity index is 1.77. The van der Waals surface area contributed by atoms with Crippen molar-refractivity contribution in [1.29, 1.82) is 0 Å². The molecule has 16 heavy (non-hydrogen) atoms. The Bertz CT molecular complexity index is 323. The zero-order valence-electron chi connectivity index (χ0n) is 9.06. The van der Waals surface area contributed by atoms with E-state index >= 15 is 0 Å². The molecule has 0 spiro atoms. The smallest absolute Gasteiger partial charge is 0.222 e. The summed E-state index contributed by atoms with van der Waals surface area (Å²) in [5, 5.41) is 12.6. The van der Waals surface area contributed by atoms with E-state index in [0.717, 1.165) is 35.8 Å². The third kappa shape index (κ3) is 3.55. The topological polar surface area (TPSA) is 58.0 Å². The number of halogens is 1. The molecule has 1 heterocycles. The Morgan fingerprint density at radius 2 is 1.88 bits per heavy atom. The van der Waals surface area contributed by atoms with E-state index in [9.17, 15) is 5.11 Å². The molecule has 1 aliphatic rings. The molecule has 88 valence electrons. The van der Waals surface area contributed by atoms with Crippen molar-refractivity contribution in [2.24, 2.45) is 5.92 Å². The maximum atomic E-state index is 9.40. The average Bonchev–Trinajstić information content (AvgIpc) is 2.30. The van der Waals surface area contributed by atoms with Crippen molar-refractivity contribution in [3.05, 3.63) is 16.0 Å². The molecule has 1 aliphatic carbocycles. The number of nitrogens with one attached hydrogen (secondary N) is 1. The second-order valence-corrected chi connectivity index (χ2v) is 5.53. The molecule has 1 saturated carbocycles. The summed E-state index contributed by atoms with van der Waals surface area (Å²) in [7, 11) is 0. The Kier molecular flexibility index (Phi) is 4.34. The summed E-state index contributed by atoms with van der Waals surface area (Å²) in [5.74, 6) is 1.35. The molecule has 0 aliphatic heterocycles. The van der Waals surface area contributed by atoms with E-state index < -0.39 is 0 Å². The summed E-state index contributed by atoms with van der Waals surface area (Å²) in [4.78, 5) is 8.40. The van der Waals surface area contributed by atoms with E-state index in [4.69, 9.17) is 0 Å². The second kappa shape index (κ2) is 5.77. The molecule has 4 nitrogen and oxygen atoms in total. The van der Waals surface area contributed by atoms with Gasteiger partial charge in [-0.15, -0.1) is 0 Å². The van der Waals surface area contributed by atoms with Gasteiger partial charge in [0.05, 0.1) is 6.10 Å². The number of aromatic nitrogens is 2. The lowest BCUT2D eigenvalue weighted by molar-refractivity contribution is 0.111. The predicted molar refractivity (Wildman–Crippen MR) is 71.2 cm³/mol. The van der Waals surface area contributed by atoms with Crippen molar-refractivity contribution in [2.75, 3.05) is 11.9 Å². The molecule has 0 aromatic carbocycles. The van der Waals surface area contributed by atoms with Crippen molar-refractivity contribution in [1.82, 2.24) is 9.97 Å². The SMILES string of the molecule is OC1CCC(CNc2ncc(I)cn2)CC1. The molecule has 2 rings (SSSR count). The van der Waals surface area contributed by atoms with E-state index in [1.54, 1.807) is 12.4 Å². The lowest BCUT2D eigenvalue weighted by Crippen LogP contribution is -2.24. The van der Waals surface area contributed by atoms with Gasteiger partial charge in [0.25, 0.3) is 0 Å². The quantitative estimate of drug-likeness (QED) is 0.832. The maximum absolute atomic E-state index is 9.40. The molecule has 0 amide bonds. The van der Waals surface area contributed by atoms with Crippen LogP contribution in [0.25, 0.3) is 0 Å². The minimum Gasteiger partial charge on any atom is -0.393 e. The van der Waals surface area contributed by atoms with E-state index in [-0.39, 0.29) is 6.10 Å². The monoisotopic (exact) mass is 333 g/mol. The van der Waals surface area contributed by atoms with Gasteiger partial charge in [-0.05, 0) is 54.2 Å². The van der Waals surface area contributed by atoms with Crippen LogP contribution in [0.4, 0.5) is 5.95 Å². The molecule has 0 radical (unpaired) electrons. The summed E-state index contributed by atoms with van der Waals surface area (Å²) in [5.41, 5.74) is 0. The zero-order valence-corrected chi connectivity index (χ0v) is 11.2. The van der Waals surface area contributed by atoms with Crippen LogP contribution in [0.15, 0.2) is 12.4 Å². The van der Waals surface area contributed by atoms with Crippen LogP contribution < -0.4 is 5.32 Å². The predicted octanol–water partition coefficient (Wildman–Crippen LogP) is 2.04. The Labute approximate surface area is 109 Å². The van der Waals surface area contributed by atoms with Crippen LogP contribution >= 0.6 is 22.6 Å². The zero-order chi connectivity index (χ0) is 11.4. The van der Waals surface area contributed by atoms with Gasteiger partial charge in [0.15, 0.2) is 0 Å². The van der Waals surface area contributed by atoms with Gasteiger partial charge in [0, 0.05) is 22.5 Å². The molecule has 0 unspecified atom stereocenters. The standard InChI is InChI=1S/C11H16IN3O/c12-9-6-14-11(15-7-9)13-5-8-1-3-10(16)4-2-8/h6-8,10,16H,1-5H2,(H,13,14,15). The highest BCUT2D eigenvalue weighted by Crippen LogP contribution is 2.24. The molecule has 0 bridgehead atoms. The van der Waals surface area contributed by atoms with Crippen LogP contribution in [0.5, 0.6) is 0 Å². The third-order valence-electron chi connectivity index (χ3n) is 2.99. The second-order valence-electron chi connectivity index (χ2n) is 4.28. The minimum atomic E-state index is -0.0780. The molecular weight excluding hydrogens is 317 g/mol. The first-order valence-corrected chi connectivity index (χ1v) is 6.71. The molecule has 0 atom stereocenters. The largest absolute Gasteiger partial charge is 0.393 e. The first-order valence-electron chi connectivity index (χ1n) is 5.63. The van der Waals surface area contributed by atoms with Crippen molar-refractivity contribution in [2.45, 2.75) is 31.8 Å². The van der Waals surface area contributed by atoms with E-state index in [1.807, 2.05) is 0 Å². The van der Waals surface area contributed by atoms with Gasteiger partial charge in [-0.25, -0.2) is 9.97 Å². The number of hydrogen-bond acceptors (Lipinski definition) is 4. The number of nitrogens with zero attached hydrogens (tertiary/aromatic N) is 2. The van der Waals surface area contributed by atoms with Crippen molar-refractivity contribution in [3.8, 4) is 0 Å². The first-order chi connectivity index (χ1) is 7.74. The molecule has 5 heteroatoms. The molecule has 1 fully saturated rings. The Hall–Kier alpha value is -0.430. The summed E-state index contributed by atoms with van der Waals surface area (Å²) in [6.07, 6.45) is 7.59. The molecular formula is C11H16IN3O. The van der Waals surface area contributed by atoms with Gasteiger partial charge in [-0.3, -0.25) is 0 Å². The van der Waals surface area contributed by atoms with Crippen LogP contribution in [0.1, 0.15) is 25.7 Å². The fraction of sp³-hybridized carbons (Fsp3) is 0.636. The Morgan fingerprint density at radius 1 is 1.25 bits per heavy atom. The summed E-state index contributed by atoms with van der Waals surface area (Å²) < 4.78 is 1.05. The lowest BCUT2D eigenvalue weighted by atomic mass is 9.87. The first kappa shape index (κ1) is 12.0. The highest BCUT2D eigenvalue weighted by Gasteiger charge is 2.19. The van der Waals surface area contributed by atoms with Gasteiger partial charge >= 0.3 is 0 Å². The number of aliphatic hydroxyl groups is 1. The van der Waals surface area contributed by atoms with E-state index in [1.165, 1.54) is 0 Å². The minimum absolute atomic E-state index is 0.0780. The Morgan fingerprint density at radius 3 is 2.50 bits per heavy atom. The van der Waals surface area contributed by atoms with E-state index in [2.05, 4.69) is 37.9 Å². The van der Waals surface area contributed by atoms with Gasteiger partial charge in [-0.2, -0.15) is 0 Å². The molecule has 2 N–H and O–H groups in total. The van der Waals surface area contributed by atoms with Gasteiger partial charge in [0.2, 0.25) is 5.95 Å². The summed E-state index contributed by atoms with van der Waals surface area (Å²) in [6, 6.07) is 0. The van der Waals surface area contributed by atoms with Crippen LogP contribution in [-0.4, -0.2) is 27.7 Å². The van der Waals surface area contributed by atoms with Crippen molar-refractivity contribution in [3.63, 3.8) is 0 Å². The number of aliphatic hydroxyl groups excluding tert-OH is 1. The molecule has 1 aromatic rings. The third-order valence-corrected chi connectivity index (χ3v) is 3.54. The number of rotatable bonds is 3. The van der Waals surface area contributed by atoms with Crippen LogP contribution in [0.2, 0.25) is 0 Å². The van der Waals surface area contributed by atoms with Crippen LogP contribution in [-0.2, 0) is 0 Å². The molecule has 0 saturated heterocycles. The summed E-state index contributed by atoms with van der Waals surface area (Å²) >= 11 is 2.19. The van der Waals surface area contributed by atoms with E-state index in [0.29, 0.717) is 11.9 Å². The van der Waals surface area contributed by atoms with Gasteiger partial charge in [-0.1, -0.05) is 0 Å². The highest BCUT2D eigenvalue weighted by molar-refractivity contribution is 14.1. The van der Waals surface area contributed by atoms with Crippen molar-refractivity contribution < 1.29 is 5.11 Å². The number of anilines is 1. The highest BCUT2D eigenvalue weighted by atomic mass is 127. The average molecular weight is 333 g/mol. The van der Waals surface area contributed by atoms with Crippen molar-refractivity contribution >= 4 is 28.5 Å². The fourth-order valence-electron chi connectivity index (χ4n) is 1.99. The summed E-state index contributed by atoms with van der Waals surface area (Å²) in [6.45, 7) is 0.910.